The highest BCUT2D eigenvalue weighted by molar-refractivity contribution is 5.75. The van der Waals surface area contributed by atoms with Crippen molar-refractivity contribution in [3.05, 3.63) is 108 Å². The Morgan fingerprint density at radius 1 is 0.692 bits per heavy atom. The predicted octanol–water partition coefficient (Wildman–Crippen LogP) is 6.30. The summed E-state index contributed by atoms with van der Waals surface area (Å²) >= 11 is 0. The third-order valence-corrected chi connectivity index (χ3v) is 6.50. The van der Waals surface area contributed by atoms with Crippen molar-refractivity contribution in [2.24, 2.45) is 0 Å². The first-order valence-corrected chi connectivity index (χ1v) is 13.0. The molecule has 0 bridgehead atoms. The zero-order valence-corrected chi connectivity index (χ0v) is 22.6. The molecule has 7 nitrogen and oxygen atoms in total. The van der Waals surface area contributed by atoms with E-state index in [-0.39, 0.29) is 0 Å². The summed E-state index contributed by atoms with van der Waals surface area (Å²) in [7, 11) is 5.73. The van der Waals surface area contributed by atoms with Crippen LogP contribution in [-0.4, -0.2) is 44.4 Å². The SMILES string of the molecule is COc1cccc(CN(Cc2ccc3nc[nH]c3c2)c2cccc(OCCOc3cccc(N(C)C)c3)c2)c1. The molecular formula is C32H34N4O3. The maximum atomic E-state index is 6.09. The van der Waals surface area contributed by atoms with E-state index in [1.807, 2.05) is 56.6 Å². The van der Waals surface area contributed by atoms with Crippen molar-refractivity contribution in [2.45, 2.75) is 13.1 Å². The van der Waals surface area contributed by atoms with Crippen LogP contribution in [0.4, 0.5) is 11.4 Å². The van der Waals surface area contributed by atoms with Gasteiger partial charge in [-0.3, -0.25) is 0 Å². The molecule has 5 aromatic rings. The molecule has 4 aromatic carbocycles. The number of nitrogens with one attached hydrogen (secondary N) is 1. The molecule has 0 fully saturated rings. The second-order valence-electron chi connectivity index (χ2n) is 9.55. The predicted molar refractivity (Wildman–Crippen MR) is 157 cm³/mol. The van der Waals surface area contributed by atoms with Gasteiger partial charge >= 0.3 is 0 Å². The Hall–Kier alpha value is -4.65. The Morgan fingerprint density at radius 2 is 1.33 bits per heavy atom. The van der Waals surface area contributed by atoms with Crippen LogP contribution in [0.1, 0.15) is 11.1 Å². The highest BCUT2D eigenvalue weighted by Crippen LogP contribution is 2.27. The first kappa shape index (κ1) is 26.0. The van der Waals surface area contributed by atoms with Gasteiger partial charge in [0.15, 0.2) is 0 Å². The van der Waals surface area contributed by atoms with Gasteiger partial charge in [0, 0.05) is 50.7 Å². The lowest BCUT2D eigenvalue weighted by Gasteiger charge is -2.26. The van der Waals surface area contributed by atoms with Crippen LogP contribution >= 0.6 is 0 Å². The molecule has 0 spiro atoms. The van der Waals surface area contributed by atoms with E-state index in [1.165, 1.54) is 5.56 Å². The maximum Gasteiger partial charge on any atom is 0.122 e. The lowest BCUT2D eigenvalue weighted by Crippen LogP contribution is -2.22. The zero-order valence-electron chi connectivity index (χ0n) is 22.6. The molecule has 200 valence electrons. The van der Waals surface area contributed by atoms with Crippen LogP contribution in [0.2, 0.25) is 0 Å². The van der Waals surface area contributed by atoms with Gasteiger partial charge in [-0.15, -0.1) is 0 Å². The van der Waals surface area contributed by atoms with Crippen LogP contribution in [-0.2, 0) is 13.1 Å². The minimum Gasteiger partial charge on any atom is -0.497 e. The van der Waals surface area contributed by atoms with E-state index >= 15 is 0 Å². The van der Waals surface area contributed by atoms with Crippen LogP contribution < -0.4 is 24.0 Å². The number of nitrogens with zero attached hydrogens (tertiary/aromatic N) is 3. The van der Waals surface area contributed by atoms with Crippen molar-refractivity contribution >= 4 is 22.4 Å². The molecule has 0 aliphatic rings. The van der Waals surface area contributed by atoms with Gasteiger partial charge in [0.05, 0.1) is 24.5 Å². The summed E-state index contributed by atoms with van der Waals surface area (Å²) < 4.78 is 17.5. The molecule has 0 atom stereocenters. The quantitative estimate of drug-likeness (QED) is 0.194. The zero-order chi connectivity index (χ0) is 27.0. The third-order valence-electron chi connectivity index (χ3n) is 6.50. The Kier molecular flexibility index (Phi) is 8.17. The van der Waals surface area contributed by atoms with E-state index in [9.17, 15) is 0 Å². The molecule has 0 amide bonds. The smallest absolute Gasteiger partial charge is 0.122 e. The van der Waals surface area contributed by atoms with Gasteiger partial charge in [0.2, 0.25) is 0 Å². The number of aromatic nitrogens is 2. The number of hydrogen-bond acceptors (Lipinski definition) is 6. The summed E-state index contributed by atoms with van der Waals surface area (Å²) in [4.78, 5) is 12.0. The largest absolute Gasteiger partial charge is 0.497 e. The number of anilines is 2. The fourth-order valence-corrected chi connectivity index (χ4v) is 4.47. The topological polar surface area (TPSA) is 62.9 Å². The molecular weight excluding hydrogens is 488 g/mol. The molecule has 0 unspecified atom stereocenters. The summed E-state index contributed by atoms with van der Waals surface area (Å²) in [6.07, 6.45) is 1.73. The van der Waals surface area contributed by atoms with Gasteiger partial charge in [-0.2, -0.15) is 0 Å². The second kappa shape index (κ2) is 12.3. The van der Waals surface area contributed by atoms with Crippen LogP contribution in [0.15, 0.2) is 97.3 Å². The lowest BCUT2D eigenvalue weighted by molar-refractivity contribution is 0.217. The fourth-order valence-electron chi connectivity index (χ4n) is 4.47. The summed E-state index contributed by atoms with van der Waals surface area (Å²) in [6.45, 7) is 2.34. The number of hydrogen-bond donors (Lipinski definition) is 1. The number of H-pyrrole nitrogens is 1. The number of methoxy groups -OCH3 is 1. The van der Waals surface area contributed by atoms with E-state index in [2.05, 4.69) is 68.3 Å². The van der Waals surface area contributed by atoms with Crippen molar-refractivity contribution in [3.63, 3.8) is 0 Å². The average Bonchev–Trinajstić information content (AvgIpc) is 3.43. The number of benzene rings is 4. The van der Waals surface area contributed by atoms with Gasteiger partial charge in [-0.1, -0.05) is 30.3 Å². The molecule has 1 N–H and O–H groups in total. The Labute approximate surface area is 229 Å². The van der Waals surface area contributed by atoms with Crippen LogP contribution in [0.3, 0.4) is 0 Å². The van der Waals surface area contributed by atoms with Gasteiger partial charge in [0.25, 0.3) is 0 Å². The molecule has 1 aromatic heterocycles. The van der Waals surface area contributed by atoms with Crippen molar-refractivity contribution in [1.29, 1.82) is 0 Å². The van der Waals surface area contributed by atoms with Gasteiger partial charge in [-0.25, -0.2) is 4.98 Å². The summed E-state index contributed by atoms with van der Waals surface area (Å²) in [5, 5.41) is 0. The Morgan fingerprint density at radius 3 is 2.05 bits per heavy atom. The van der Waals surface area contributed by atoms with E-state index < -0.39 is 0 Å². The van der Waals surface area contributed by atoms with E-state index in [1.54, 1.807) is 13.4 Å². The van der Waals surface area contributed by atoms with Crippen LogP contribution in [0, 0.1) is 0 Å². The molecule has 0 saturated heterocycles. The molecule has 7 heteroatoms. The number of fused-ring (bicyclic) bond motifs is 1. The number of aromatic amines is 1. The summed E-state index contributed by atoms with van der Waals surface area (Å²) in [5.74, 6) is 2.48. The summed E-state index contributed by atoms with van der Waals surface area (Å²) in [6, 6.07) is 30.8. The first-order valence-electron chi connectivity index (χ1n) is 13.0. The van der Waals surface area contributed by atoms with E-state index in [0.717, 1.165) is 51.8 Å². The van der Waals surface area contributed by atoms with Crippen molar-refractivity contribution in [1.82, 2.24) is 9.97 Å². The number of imidazole rings is 1. The standard InChI is InChI=1S/C32H34N4O3/c1-35(2)26-8-5-11-29(19-26)38-15-16-39-30-12-6-9-27(20-30)36(21-24-7-4-10-28(17-24)37-3)22-25-13-14-31-32(18-25)34-23-33-31/h4-14,17-20,23H,15-16,21-22H2,1-3H3,(H,33,34). The monoisotopic (exact) mass is 522 g/mol. The molecule has 0 aliphatic heterocycles. The molecule has 5 rings (SSSR count). The molecule has 0 radical (unpaired) electrons. The lowest BCUT2D eigenvalue weighted by atomic mass is 10.1. The minimum absolute atomic E-state index is 0.446. The normalized spacial score (nSPS) is 10.8. The first-order chi connectivity index (χ1) is 19.1. The van der Waals surface area contributed by atoms with Gasteiger partial charge in [-0.05, 0) is 59.7 Å². The van der Waals surface area contributed by atoms with Crippen LogP contribution in [0.5, 0.6) is 17.2 Å². The van der Waals surface area contributed by atoms with Crippen molar-refractivity contribution < 1.29 is 14.2 Å². The molecule has 39 heavy (non-hydrogen) atoms. The third kappa shape index (κ3) is 6.82. The van der Waals surface area contributed by atoms with Gasteiger partial charge < -0.3 is 29.0 Å². The van der Waals surface area contributed by atoms with Crippen LogP contribution in [0.25, 0.3) is 11.0 Å². The molecule has 0 aliphatic carbocycles. The highest BCUT2D eigenvalue weighted by atomic mass is 16.5. The van der Waals surface area contributed by atoms with E-state index in [4.69, 9.17) is 14.2 Å². The highest BCUT2D eigenvalue weighted by Gasteiger charge is 2.12. The second-order valence-corrected chi connectivity index (χ2v) is 9.55. The summed E-state index contributed by atoms with van der Waals surface area (Å²) in [5.41, 5.74) is 6.51. The Balaban J connectivity index is 1.29. The Bertz CT molecular complexity index is 1510. The average molecular weight is 523 g/mol. The molecule has 0 saturated carbocycles. The van der Waals surface area contributed by atoms with Gasteiger partial charge in [0.1, 0.15) is 30.5 Å². The minimum atomic E-state index is 0.446. The maximum absolute atomic E-state index is 6.09. The molecule has 1 heterocycles. The van der Waals surface area contributed by atoms with Crippen molar-refractivity contribution in [3.8, 4) is 17.2 Å². The fraction of sp³-hybridized carbons (Fsp3) is 0.219. The number of ether oxygens (including phenoxy) is 3. The van der Waals surface area contributed by atoms with Crippen molar-refractivity contribution in [2.75, 3.05) is 44.2 Å². The van der Waals surface area contributed by atoms with E-state index in [0.29, 0.717) is 19.8 Å². The number of rotatable bonds is 12.